The number of rotatable bonds is 1. The SMILES string of the molecule is Cc1cn[c]nc1C1CC1. The van der Waals surface area contributed by atoms with Crippen molar-refractivity contribution >= 4 is 0 Å². The molecule has 0 bridgehead atoms. The summed E-state index contributed by atoms with van der Waals surface area (Å²) in [6.45, 7) is 2.06. The minimum absolute atomic E-state index is 0.722. The largest absolute Gasteiger partial charge is 0.234 e. The maximum atomic E-state index is 4.10. The number of aromatic nitrogens is 2. The highest BCUT2D eigenvalue weighted by molar-refractivity contribution is 5.21. The Balaban J connectivity index is 2.39. The predicted octanol–water partition coefficient (Wildman–Crippen LogP) is 1.46. The van der Waals surface area contributed by atoms with Crippen LogP contribution in [0.3, 0.4) is 0 Å². The fourth-order valence-electron chi connectivity index (χ4n) is 1.13. The minimum Gasteiger partial charge on any atom is -0.234 e. The first kappa shape index (κ1) is 5.83. The smallest absolute Gasteiger partial charge is 0.197 e. The van der Waals surface area contributed by atoms with E-state index in [-0.39, 0.29) is 0 Å². The summed E-state index contributed by atoms with van der Waals surface area (Å²) in [5, 5.41) is 0. The molecule has 0 saturated heterocycles. The Labute approximate surface area is 60.3 Å². The Morgan fingerprint density at radius 3 is 3.00 bits per heavy atom. The van der Waals surface area contributed by atoms with E-state index in [9.17, 15) is 0 Å². The average Bonchev–Trinajstić information content (AvgIpc) is 2.71. The van der Waals surface area contributed by atoms with E-state index in [2.05, 4.69) is 23.2 Å². The molecule has 10 heavy (non-hydrogen) atoms. The van der Waals surface area contributed by atoms with E-state index in [0.29, 0.717) is 0 Å². The number of aryl methyl sites for hydroxylation is 1. The van der Waals surface area contributed by atoms with Crippen LogP contribution in [0, 0.1) is 13.3 Å². The van der Waals surface area contributed by atoms with Gasteiger partial charge < -0.3 is 0 Å². The standard InChI is InChI=1S/C8H9N2/c1-6-4-9-5-10-8(6)7-2-3-7/h4,7H,2-3H2,1H3. The Hall–Kier alpha value is -0.920. The summed E-state index contributed by atoms with van der Waals surface area (Å²) in [6.07, 6.45) is 7.05. The van der Waals surface area contributed by atoms with Crippen molar-refractivity contribution in [2.24, 2.45) is 0 Å². The van der Waals surface area contributed by atoms with Gasteiger partial charge in [0.15, 0.2) is 6.33 Å². The highest BCUT2D eigenvalue weighted by Gasteiger charge is 2.26. The molecule has 2 rings (SSSR count). The first-order chi connectivity index (χ1) is 4.88. The van der Waals surface area contributed by atoms with E-state index in [1.54, 1.807) is 0 Å². The molecule has 0 atom stereocenters. The van der Waals surface area contributed by atoms with Crippen LogP contribution in [0.5, 0.6) is 0 Å². The molecular weight excluding hydrogens is 124 g/mol. The lowest BCUT2D eigenvalue weighted by Crippen LogP contribution is -1.91. The molecule has 0 aromatic carbocycles. The van der Waals surface area contributed by atoms with Crippen LogP contribution in [0.1, 0.15) is 30.0 Å². The second-order valence-electron chi connectivity index (χ2n) is 2.81. The van der Waals surface area contributed by atoms with Crippen LogP contribution < -0.4 is 0 Å². The zero-order valence-corrected chi connectivity index (χ0v) is 5.96. The van der Waals surface area contributed by atoms with Gasteiger partial charge in [-0.1, -0.05) is 0 Å². The van der Waals surface area contributed by atoms with E-state index in [0.717, 1.165) is 5.92 Å². The molecule has 0 unspecified atom stereocenters. The van der Waals surface area contributed by atoms with E-state index >= 15 is 0 Å². The number of hydrogen-bond acceptors (Lipinski definition) is 2. The lowest BCUT2D eigenvalue weighted by Gasteiger charge is -1.97. The Morgan fingerprint density at radius 1 is 1.60 bits per heavy atom. The fourth-order valence-corrected chi connectivity index (χ4v) is 1.13. The zero-order chi connectivity index (χ0) is 6.97. The van der Waals surface area contributed by atoms with Gasteiger partial charge in [-0.3, -0.25) is 0 Å². The fraction of sp³-hybridized carbons (Fsp3) is 0.500. The molecule has 2 nitrogen and oxygen atoms in total. The van der Waals surface area contributed by atoms with Gasteiger partial charge in [0.25, 0.3) is 0 Å². The van der Waals surface area contributed by atoms with E-state index < -0.39 is 0 Å². The van der Waals surface area contributed by atoms with Gasteiger partial charge in [0.1, 0.15) is 0 Å². The lowest BCUT2D eigenvalue weighted by molar-refractivity contribution is 0.951. The van der Waals surface area contributed by atoms with Gasteiger partial charge in [0.05, 0.1) is 5.69 Å². The number of nitrogens with zero attached hydrogens (tertiary/aromatic N) is 2. The van der Waals surface area contributed by atoms with Crippen molar-refractivity contribution in [3.05, 3.63) is 23.8 Å². The zero-order valence-electron chi connectivity index (χ0n) is 5.96. The molecule has 0 aliphatic heterocycles. The molecule has 1 aromatic rings. The molecule has 0 amide bonds. The van der Waals surface area contributed by atoms with Crippen LogP contribution in [-0.4, -0.2) is 9.97 Å². The van der Waals surface area contributed by atoms with E-state index in [1.165, 1.54) is 24.1 Å². The van der Waals surface area contributed by atoms with Crippen molar-refractivity contribution in [3.63, 3.8) is 0 Å². The topological polar surface area (TPSA) is 25.8 Å². The highest BCUT2D eigenvalue weighted by atomic mass is 14.8. The van der Waals surface area contributed by atoms with Crippen LogP contribution in [-0.2, 0) is 0 Å². The average molecular weight is 133 g/mol. The third kappa shape index (κ3) is 0.897. The first-order valence-electron chi connectivity index (χ1n) is 3.57. The second-order valence-corrected chi connectivity index (χ2v) is 2.81. The van der Waals surface area contributed by atoms with Crippen molar-refractivity contribution in [1.29, 1.82) is 0 Å². The van der Waals surface area contributed by atoms with Gasteiger partial charge in [0, 0.05) is 12.1 Å². The van der Waals surface area contributed by atoms with Gasteiger partial charge in [-0.2, -0.15) is 0 Å². The van der Waals surface area contributed by atoms with Crippen molar-refractivity contribution < 1.29 is 0 Å². The Morgan fingerprint density at radius 2 is 2.40 bits per heavy atom. The molecule has 1 aliphatic carbocycles. The Bertz CT molecular complexity index is 241. The molecule has 1 radical (unpaired) electrons. The Kier molecular flexibility index (Phi) is 1.19. The van der Waals surface area contributed by atoms with Crippen LogP contribution in [0.15, 0.2) is 6.20 Å². The summed E-state index contributed by atoms with van der Waals surface area (Å²) >= 11 is 0. The van der Waals surface area contributed by atoms with Crippen LogP contribution >= 0.6 is 0 Å². The van der Waals surface area contributed by atoms with Crippen molar-refractivity contribution in [2.75, 3.05) is 0 Å². The molecule has 1 aromatic heterocycles. The quantitative estimate of drug-likeness (QED) is 0.579. The maximum Gasteiger partial charge on any atom is 0.197 e. The molecule has 51 valence electrons. The molecule has 1 saturated carbocycles. The van der Waals surface area contributed by atoms with Crippen LogP contribution in [0.25, 0.3) is 0 Å². The van der Waals surface area contributed by atoms with Crippen molar-refractivity contribution in [3.8, 4) is 0 Å². The summed E-state index contributed by atoms with van der Waals surface area (Å²) in [5.41, 5.74) is 2.41. The molecule has 0 N–H and O–H groups in total. The lowest BCUT2D eigenvalue weighted by atomic mass is 10.2. The maximum absolute atomic E-state index is 4.10. The summed E-state index contributed by atoms with van der Waals surface area (Å²) in [5.74, 6) is 0.722. The van der Waals surface area contributed by atoms with Gasteiger partial charge >= 0.3 is 0 Å². The third-order valence-electron chi connectivity index (χ3n) is 1.85. The highest BCUT2D eigenvalue weighted by Crippen LogP contribution is 2.39. The van der Waals surface area contributed by atoms with Gasteiger partial charge in [0.2, 0.25) is 0 Å². The monoisotopic (exact) mass is 133 g/mol. The first-order valence-corrected chi connectivity index (χ1v) is 3.57. The third-order valence-corrected chi connectivity index (χ3v) is 1.85. The van der Waals surface area contributed by atoms with Crippen LogP contribution in [0.4, 0.5) is 0 Å². The summed E-state index contributed by atoms with van der Waals surface area (Å²) in [6, 6.07) is 0. The van der Waals surface area contributed by atoms with Gasteiger partial charge in [-0.25, -0.2) is 9.97 Å². The van der Waals surface area contributed by atoms with E-state index in [4.69, 9.17) is 0 Å². The van der Waals surface area contributed by atoms with Crippen molar-refractivity contribution in [1.82, 2.24) is 9.97 Å². The minimum atomic E-state index is 0.722. The van der Waals surface area contributed by atoms with Crippen molar-refractivity contribution in [2.45, 2.75) is 25.7 Å². The predicted molar refractivity (Wildman–Crippen MR) is 37.6 cm³/mol. The van der Waals surface area contributed by atoms with Gasteiger partial charge in [-0.15, -0.1) is 0 Å². The summed E-state index contributed by atoms with van der Waals surface area (Å²) < 4.78 is 0. The summed E-state index contributed by atoms with van der Waals surface area (Å²) in [7, 11) is 0. The summed E-state index contributed by atoms with van der Waals surface area (Å²) in [4.78, 5) is 7.92. The number of hydrogen-bond donors (Lipinski definition) is 0. The molecule has 1 aliphatic rings. The molecular formula is C8H9N2. The molecule has 2 heteroatoms. The van der Waals surface area contributed by atoms with Crippen LogP contribution in [0.2, 0.25) is 0 Å². The van der Waals surface area contributed by atoms with E-state index in [1.807, 2.05) is 6.20 Å². The second kappa shape index (κ2) is 2.04. The normalized spacial score (nSPS) is 17.3. The molecule has 1 heterocycles. The van der Waals surface area contributed by atoms with Gasteiger partial charge in [-0.05, 0) is 25.3 Å². The molecule has 1 fully saturated rings. The molecule has 0 spiro atoms.